The molecule has 6 heavy (non-hydrogen) atoms. The van der Waals surface area contributed by atoms with Gasteiger partial charge in [0.15, 0.2) is 17.4 Å². The molecule has 0 aliphatic rings. The first-order valence-electron chi connectivity index (χ1n) is 0.775. The minimum absolute atomic E-state index is 0. The molecule has 0 aliphatic heterocycles. The molecule has 36 valence electrons. The zero-order valence-electron chi connectivity index (χ0n) is 2.63. The van der Waals surface area contributed by atoms with Crippen LogP contribution in [0.3, 0.4) is 0 Å². The Morgan fingerprint density at radius 2 is 1.00 bits per heavy atom. The summed E-state index contributed by atoms with van der Waals surface area (Å²) in [6, 6.07) is 0. The average Bonchev–Trinajstić information content (AvgIpc) is 0.811. The molecule has 0 aliphatic carbocycles. The van der Waals surface area contributed by atoms with E-state index in [1.165, 1.54) is 0 Å². The van der Waals surface area contributed by atoms with Crippen molar-refractivity contribution in [2.24, 2.45) is 0 Å². The van der Waals surface area contributed by atoms with Crippen molar-refractivity contribution in [3.8, 4) is 0 Å². The molecule has 0 aromatic rings. The maximum absolute atomic E-state index is 7.17. The van der Waals surface area contributed by atoms with Crippen LogP contribution in [0.25, 0.3) is 0 Å². The Balaban J connectivity index is -0.0000000450. The van der Waals surface area contributed by atoms with Gasteiger partial charge >= 0.3 is 34.6 Å². The average molecular weight is 301 g/mol. The standard InChI is InChI=1S/Al.BH3O3.Pb.5H/c;2-1(3)4;;;;;;/h;2-4H;;;;;;. The summed E-state index contributed by atoms with van der Waals surface area (Å²) < 4.78 is 0. The maximum atomic E-state index is 7.17. The second kappa shape index (κ2) is 9.64. The molecule has 0 fully saturated rings. The minimum atomic E-state index is -2.17. The van der Waals surface area contributed by atoms with Crippen LogP contribution >= 0.6 is 0 Å². The quantitative estimate of drug-likeness (QED) is 0.398. The summed E-state index contributed by atoms with van der Waals surface area (Å²) >= 11 is 0. The Bertz CT molecular complexity index is 15.5. The monoisotopic (exact) mass is 302 g/mol. The van der Waals surface area contributed by atoms with E-state index in [9.17, 15) is 0 Å². The van der Waals surface area contributed by atoms with Crippen LogP contribution in [0.1, 0.15) is 0 Å². The predicted molar refractivity (Wildman–Crippen MR) is 30.9 cm³/mol. The van der Waals surface area contributed by atoms with E-state index in [1.54, 1.807) is 0 Å². The van der Waals surface area contributed by atoms with Crippen LogP contribution in [0.4, 0.5) is 0 Å². The molecule has 0 saturated carbocycles. The summed E-state index contributed by atoms with van der Waals surface area (Å²) in [6.45, 7) is 0. The van der Waals surface area contributed by atoms with Crippen LogP contribution in [0.5, 0.6) is 0 Å². The van der Waals surface area contributed by atoms with E-state index in [2.05, 4.69) is 0 Å². The third-order valence-electron chi connectivity index (χ3n) is 0. The molecule has 0 bridgehead atoms. The van der Waals surface area contributed by atoms with Gasteiger partial charge in [-0.2, -0.15) is 0 Å². The van der Waals surface area contributed by atoms with Crippen molar-refractivity contribution in [1.82, 2.24) is 0 Å². The van der Waals surface area contributed by atoms with Gasteiger partial charge in [0.2, 0.25) is 0 Å². The molecule has 0 saturated heterocycles. The normalized spacial score (nSPS) is 4.50. The molecule has 3 nitrogen and oxygen atoms in total. The van der Waals surface area contributed by atoms with Crippen molar-refractivity contribution in [1.29, 1.82) is 0 Å². The number of hydrogen-bond acceptors (Lipinski definition) is 3. The van der Waals surface area contributed by atoms with E-state index in [0.717, 1.165) is 0 Å². The van der Waals surface area contributed by atoms with Crippen molar-refractivity contribution in [2.75, 3.05) is 0 Å². The van der Waals surface area contributed by atoms with Crippen LogP contribution in [0.15, 0.2) is 0 Å². The molecule has 2 radical (unpaired) electrons. The fraction of sp³-hybridized carbons (Fsp3) is 0. The summed E-state index contributed by atoms with van der Waals surface area (Å²) in [5.41, 5.74) is 0. The van der Waals surface area contributed by atoms with Crippen molar-refractivity contribution in [3.63, 3.8) is 0 Å². The summed E-state index contributed by atoms with van der Waals surface area (Å²) in [7, 11) is -2.17. The summed E-state index contributed by atoms with van der Waals surface area (Å²) in [5, 5.41) is 21.5. The Morgan fingerprint density at radius 3 is 1.00 bits per heavy atom. The van der Waals surface area contributed by atoms with Gasteiger partial charge in [0, 0.05) is 0 Å². The summed E-state index contributed by atoms with van der Waals surface area (Å²) in [5.74, 6) is 0. The van der Waals surface area contributed by atoms with E-state index in [-0.39, 0.29) is 44.7 Å². The van der Waals surface area contributed by atoms with Crippen molar-refractivity contribution in [3.05, 3.63) is 0 Å². The first kappa shape index (κ1) is 15.7. The Kier molecular flexibility index (Phi) is 25.2. The molecule has 0 atom stereocenters. The van der Waals surface area contributed by atoms with Gasteiger partial charge in [-0.1, -0.05) is 0 Å². The fourth-order valence-corrected chi connectivity index (χ4v) is 0. The second-order valence-corrected chi connectivity index (χ2v) is 0.346. The first-order chi connectivity index (χ1) is 1.73. The summed E-state index contributed by atoms with van der Waals surface area (Å²) in [4.78, 5) is 0. The number of hydrogen-bond donors (Lipinski definition) is 3. The van der Waals surface area contributed by atoms with E-state index in [1.807, 2.05) is 0 Å². The van der Waals surface area contributed by atoms with E-state index in [4.69, 9.17) is 15.1 Å². The third-order valence-corrected chi connectivity index (χ3v) is 0. The van der Waals surface area contributed by atoms with Crippen LogP contribution in [0.2, 0.25) is 0 Å². The van der Waals surface area contributed by atoms with Crippen molar-refractivity contribution >= 4 is 52.0 Å². The zero-order valence-corrected chi connectivity index (χ0v) is 8.12. The summed E-state index contributed by atoms with van der Waals surface area (Å²) in [6.07, 6.45) is 0. The van der Waals surface area contributed by atoms with Crippen molar-refractivity contribution < 1.29 is 15.1 Å². The Hall–Kier alpha value is 1.40. The predicted octanol–water partition coefficient (Wildman–Crippen LogP) is -4.15. The van der Waals surface area contributed by atoms with E-state index in [0.29, 0.717) is 0 Å². The third kappa shape index (κ3) is 53.4. The molecule has 0 spiro atoms. The molecule has 0 aromatic carbocycles. The van der Waals surface area contributed by atoms with E-state index < -0.39 is 7.32 Å². The molecule has 0 unspecified atom stereocenters. The molecule has 6 heteroatoms. The van der Waals surface area contributed by atoms with Crippen LogP contribution in [-0.4, -0.2) is 67.1 Å². The SMILES string of the molecule is OB(O)O.[AlH3].[PbH2]. The van der Waals surface area contributed by atoms with Crippen LogP contribution in [-0.2, 0) is 0 Å². The van der Waals surface area contributed by atoms with E-state index >= 15 is 0 Å². The molecule has 0 heterocycles. The molecule has 3 N–H and O–H groups in total. The zero-order chi connectivity index (χ0) is 3.58. The molecule has 0 rings (SSSR count). The second-order valence-electron chi connectivity index (χ2n) is 0.346. The molecule has 0 amide bonds. The van der Waals surface area contributed by atoms with Gasteiger partial charge in [-0.15, -0.1) is 0 Å². The van der Waals surface area contributed by atoms with Gasteiger partial charge in [-0.25, -0.2) is 0 Å². The molecule has 0 aromatic heterocycles. The van der Waals surface area contributed by atoms with Gasteiger partial charge in [-0.3, -0.25) is 0 Å². The molecular formula is H8AlBO3Pb. The van der Waals surface area contributed by atoms with Crippen LogP contribution < -0.4 is 0 Å². The van der Waals surface area contributed by atoms with Crippen molar-refractivity contribution in [2.45, 2.75) is 0 Å². The Labute approximate surface area is 66.8 Å². The molecular weight excluding hydrogens is 293 g/mol. The Morgan fingerprint density at radius 1 is 1.00 bits per heavy atom. The fourth-order valence-electron chi connectivity index (χ4n) is 0. The van der Waals surface area contributed by atoms with Gasteiger partial charge in [0.25, 0.3) is 0 Å². The topological polar surface area (TPSA) is 60.7 Å². The number of rotatable bonds is 0. The van der Waals surface area contributed by atoms with Gasteiger partial charge in [0.1, 0.15) is 0 Å². The van der Waals surface area contributed by atoms with Crippen LogP contribution in [0, 0.1) is 0 Å². The first-order valence-corrected chi connectivity index (χ1v) is 0.775. The van der Waals surface area contributed by atoms with Gasteiger partial charge in [-0.05, 0) is 0 Å². The van der Waals surface area contributed by atoms with Gasteiger partial charge in [0.05, 0.1) is 0 Å². The van der Waals surface area contributed by atoms with Gasteiger partial charge < -0.3 is 15.1 Å².